The van der Waals surface area contributed by atoms with Gasteiger partial charge in [0, 0.05) is 23.2 Å². The van der Waals surface area contributed by atoms with Crippen LogP contribution in [-0.4, -0.2) is 38.1 Å². The van der Waals surface area contributed by atoms with Crippen molar-refractivity contribution in [1.82, 2.24) is 15.0 Å². The molecule has 1 amide bonds. The lowest BCUT2D eigenvalue weighted by atomic mass is 9.63. The summed E-state index contributed by atoms with van der Waals surface area (Å²) in [5.74, 6) is -0.353. The van der Waals surface area contributed by atoms with Gasteiger partial charge in [0.25, 0.3) is 5.91 Å². The van der Waals surface area contributed by atoms with E-state index >= 15 is 0 Å². The molecule has 0 bridgehead atoms. The first-order valence-corrected chi connectivity index (χ1v) is 10.6. The van der Waals surface area contributed by atoms with Crippen molar-refractivity contribution >= 4 is 27.3 Å². The summed E-state index contributed by atoms with van der Waals surface area (Å²) in [6.45, 7) is -0.0237. The lowest BCUT2D eigenvalue weighted by Gasteiger charge is -2.46. The van der Waals surface area contributed by atoms with Crippen LogP contribution in [0.25, 0.3) is 0 Å². The highest BCUT2D eigenvalue weighted by molar-refractivity contribution is 7.89. The van der Waals surface area contributed by atoms with E-state index in [-0.39, 0.29) is 23.5 Å². The number of pyridine rings is 1. The number of rotatable bonds is 7. The van der Waals surface area contributed by atoms with Crippen molar-refractivity contribution < 1.29 is 18.3 Å². The molecule has 0 aliphatic heterocycles. The van der Waals surface area contributed by atoms with E-state index in [2.05, 4.69) is 15.0 Å². The quantitative estimate of drug-likeness (QED) is 0.661. The standard InChI is InChI=1S/C17H21N3O4S2/c1-18-26(23,24)13-9-14(25-10-13)16(22)20-15(12-3-7-19-8-4-12)17(11-21)5-2-6-17/h3-4,7-10,15,18,21H,2,5-6,11H2,1H3,(H,20,22). The summed E-state index contributed by atoms with van der Waals surface area (Å²) in [6, 6.07) is 4.66. The maximum Gasteiger partial charge on any atom is 0.261 e. The van der Waals surface area contributed by atoms with Crippen LogP contribution in [0.5, 0.6) is 0 Å². The molecular weight excluding hydrogens is 374 g/mol. The number of carbonyl (C=O) groups is 1. The minimum atomic E-state index is -3.59. The number of aromatic nitrogens is 1. The van der Waals surface area contributed by atoms with Crippen LogP contribution >= 0.6 is 11.3 Å². The Labute approximate surface area is 156 Å². The molecule has 0 radical (unpaired) electrons. The van der Waals surface area contributed by atoms with Crippen molar-refractivity contribution in [3.63, 3.8) is 0 Å². The van der Waals surface area contributed by atoms with Gasteiger partial charge in [0.05, 0.1) is 22.4 Å². The minimum absolute atomic E-state index is 0.0237. The van der Waals surface area contributed by atoms with E-state index in [0.717, 1.165) is 36.2 Å². The molecular formula is C17H21N3O4S2. The van der Waals surface area contributed by atoms with Gasteiger partial charge in [-0.3, -0.25) is 9.78 Å². The number of thiophene rings is 1. The second-order valence-corrected chi connectivity index (χ2v) is 9.21. The molecule has 1 unspecified atom stereocenters. The van der Waals surface area contributed by atoms with Crippen LogP contribution in [0.3, 0.4) is 0 Å². The first kappa shape index (κ1) is 19.0. The van der Waals surface area contributed by atoms with Crippen LogP contribution < -0.4 is 10.0 Å². The molecule has 2 heterocycles. The van der Waals surface area contributed by atoms with Crippen molar-refractivity contribution in [3.8, 4) is 0 Å². The summed E-state index contributed by atoms with van der Waals surface area (Å²) in [6.07, 6.45) is 5.95. The van der Waals surface area contributed by atoms with Crippen LogP contribution in [0, 0.1) is 5.41 Å². The SMILES string of the molecule is CNS(=O)(=O)c1csc(C(=O)NC(c2ccncc2)C2(CO)CCC2)c1. The molecule has 1 fully saturated rings. The van der Waals surface area contributed by atoms with E-state index in [9.17, 15) is 18.3 Å². The topological polar surface area (TPSA) is 108 Å². The highest BCUT2D eigenvalue weighted by atomic mass is 32.2. The molecule has 7 nitrogen and oxygen atoms in total. The minimum Gasteiger partial charge on any atom is -0.396 e. The Morgan fingerprint density at radius 3 is 2.62 bits per heavy atom. The summed E-state index contributed by atoms with van der Waals surface area (Å²) in [7, 11) is -2.26. The average Bonchev–Trinajstić information content (AvgIpc) is 3.12. The Morgan fingerprint density at radius 1 is 1.38 bits per heavy atom. The number of sulfonamides is 1. The zero-order valence-electron chi connectivity index (χ0n) is 14.3. The molecule has 3 rings (SSSR count). The molecule has 140 valence electrons. The zero-order chi connectivity index (χ0) is 18.8. The number of nitrogens with zero attached hydrogens (tertiary/aromatic N) is 1. The number of nitrogens with one attached hydrogen (secondary N) is 2. The molecule has 1 atom stereocenters. The van der Waals surface area contributed by atoms with E-state index in [1.807, 2.05) is 12.1 Å². The lowest BCUT2D eigenvalue weighted by molar-refractivity contribution is 0.00604. The molecule has 2 aromatic rings. The molecule has 1 aliphatic carbocycles. The van der Waals surface area contributed by atoms with Gasteiger partial charge >= 0.3 is 0 Å². The van der Waals surface area contributed by atoms with Crippen molar-refractivity contribution in [2.75, 3.05) is 13.7 Å². The van der Waals surface area contributed by atoms with Crippen LogP contribution in [0.1, 0.15) is 40.5 Å². The fourth-order valence-corrected chi connectivity index (χ4v) is 5.12. The average molecular weight is 396 g/mol. The third kappa shape index (κ3) is 3.52. The maximum atomic E-state index is 12.7. The molecule has 26 heavy (non-hydrogen) atoms. The molecule has 1 aliphatic rings. The lowest BCUT2D eigenvalue weighted by Crippen LogP contribution is -2.47. The monoisotopic (exact) mass is 395 g/mol. The van der Waals surface area contributed by atoms with Gasteiger partial charge in [0.1, 0.15) is 0 Å². The van der Waals surface area contributed by atoms with Gasteiger partial charge in [0.15, 0.2) is 0 Å². The van der Waals surface area contributed by atoms with Crippen LogP contribution in [-0.2, 0) is 10.0 Å². The predicted molar refractivity (Wildman–Crippen MR) is 98.4 cm³/mol. The fraction of sp³-hybridized carbons (Fsp3) is 0.412. The molecule has 1 saturated carbocycles. The Bertz CT molecular complexity index is 871. The van der Waals surface area contributed by atoms with Gasteiger partial charge in [-0.1, -0.05) is 6.42 Å². The summed E-state index contributed by atoms with van der Waals surface area (Å²) >= 11 is 1.07. The zero-order valence-corrected chi connectivity index (χ0v) is 15.9. The number of carbonyl (C=O) groups excluding carboxylic acids is 1. The fourth-order valence-electron chi connectivity index (χ4n) is 3.21. The summed E-state index contributed by atoms with van der Waals surface area (Å²) in [4.78, 5) is 17.1. The Kier molecular flexibility index (Phi) is 5.42. The third-order valence-electron chi connectivity index (χ3n) is 4.97. The van der Waals surface area contributed by atoms with E-state index in [1.54, 1.807) is 12.4 Å². The summed E-state index contributed by atoms with van der Waals surface area (Å²) in [5.41, 5.74) is 0.482. The van der Waals surface area contributed by atoms with E-state index in [4.69, 9.17) is 0 Å². The Hall–Kier alpha value is -1.81. The van der Waals surface area contributed by atoms with Crippen LogP contribution in [0.2, 0.25) is 0 Å². The number of hydrogen-bond acceptors (Lipinski definition) is 6. The first-order valence-electron chi connectivity index (χ1n) is 8.25. The summed E-state index contributed by atoms with van der Waals surface area (Å²) in [5, 5.41) is 14.4. The van der Waals surface area contributed by atoms with Gasteiger partial charge in [0.2, 0.25) is 10.0 Å². The molecule has 3 N–H and O–H groups in total. The number of aliphatic hydroxyl groups excluding tert-OH is 1. The largest absolute Gasteiger partial charge is 0.396 e. The smallest absolute Gasteiger partial charge is 0.261 e. The van der Waals surface area contributed by atoms with E-state index in [0.29, 0.717) is 4.88 Å². The molecule has 0 spiro atoms. The van der Waals surface area contributed by atoms with Gasteiger partial charge in [-0.2, -0.15) is 0 Å². The normalized spacial score (nSPS) is 17.3. The number of aliphatic hydroxyl groups is 1. The van der Waals surface area contributed by atoms with Crippen molar-refractivity contribution in [2.45, 2.75) is 30.2 Å². The summed E-state index contributed by atoms with van der Waals surface area (Å²) < 4.78 is 26.0. The molecule has 2 aromatic heterocycles. The van der Waals surface area contributed by atoms with Gasteiger partial charge in [-0.25, -0.2) is 13.1 Å². The second kappa shape index (κ2) is 7.43. The van der Waals surface area contributed by atoms with Gasteiger partial charge in [-0.05, 0) is 43.7 Å². The molecule has 0 saturated heterocycles. The van der Waals surface area contributed by atoms with Crippen molar-refractivity contribution in [1.29, 1.82) is 0 Å². The van der Waals surface area contributed by atoms with Gasteiger partial charge in [-0.15, -0.1) is 11.3 Å². The third-order valence-corrected chi connectivity index (χ3v) is 7.44. The maximum absolute atomic E-state index is 12.7. The molecule has 0 aromatic carbocycles. The second-order valence-electron chi connectivity index (χ2n) is 6.42. The first-order chi connectivity index (χ1) is 12.4. The van der Waals surface area contributed by atoms with Crippen molar-refractivity contribution in [3.05, 3.63) is 46.4 Å². The Balaban J connectivity index is 1.87. The van der Waals surface area contributed by atoms with Crippen LogP contribution in [0.15, 0.2) is 40.9 Å². The highest BCUT2D eigenvalue weighted by Crippen LogP contribution is 2.50. The van der Waals surface area contributed by atoms with Crippen molar-refractivity contribution in [2.24, 2.45) is 5.41 Å². The molecule has 9 heteroatoms. The van der Waals surface area contributed by atoms with E-state index in [1.165, 1.54) is 18.5 Å². The Morgan fingerprint density at radius 2 is 2.08 bits per heavy atom. The highest BCUT2D eigenvalue weighted by Gasteiger charge is 2.45. The number of amides is 1. The van der Waals surface area contributed by atoms with E-state index < -0.39 is 15.4 Å². The van der Waals surface area contributed by atoms with Gasteiger partial charge < -0.3 is 10.4 Å². The van der Waals surface area contributed by atoms with Crippen LogP contribution in [0.4, 0.5) is 0 Å². The number of hydrogen-bond donors (Lipinski definition) is 3. The predicted octanol–water partition coefficient (Wildman–Crippen LogP) is 1.68.